The quantitative estimate of drug-likeness (QED) is 0.399. The molecule has 3 aromatic rings. The number of anilines is 2. The van der Waals surface area contributed by atoms with Gasteiger partial charge in [-0.15, -0.1) is 0 Å². The number of carbonyl (C=O) groups is 1. The number of hydrogen-bond acceptors (Lipinski definition) is 3. The number of pyridine rings is 1. The van der Waals surface area contributed by atoms with Crippen LogP contribution in [0.25, 0.3) is 0 Å². The predicted molar refractivity (Wildman–Crippen MR) is 130 cm³/mol. The zero-order valence-electron chi connectivity index (χ0n) is 18.9. The second-order valence-electron chi connectivity index (χ2n) is 8.87. The summed E-state index contributed by atoms with van der Waals surface area (Å²) in [4.78, 5) is 23.5. The second-order valence-corrected chi connectivity index (χ2v) is 9.30. The van der Waals surface area contributed by atoms with Gasteiger partial charge in [0.25, 0.3) is 0 Å². The third kappa shape index (κ3) is 4.93. The zero-order chi connectivity index (χ0) is 24.6. The van der Waals surface area contributed by atoms with Crippen molar-refractivity contribution in [2.24, 2.45) is 0 Å². The summed E-state index contributed by atoms with van der Waals surface area (Å²) in [6.45, 7) is 2.54. The van der Waals surface area contributed by atoms with Crippen LogP contribution in [-0.4, -0.2) is 35.5 Å². The Morgan fingerprint density at radius 1 is 1.00 bits per heavy atom. The van der Waals surface area contributed by atoms with E-state index in [0.717, 1.165) is 49.4 Å². The van der Waals surface area contributed by atoms with Gasteiger partial charge in [0.05, 0.1) is 11.6 Å². The van der Waals surface area contributed by atoms with Gasteiger partial charge in [0.15, 0.2) is 0 Å². The van der Waals surface area contributed by atoms with Crippen molar-refractivity contribution in [2.75, 3.05) is 29.4 Å². The molecule has 2 amide bonds. The van der Waals surface area contributed by atoms with Gasteiger partial charge in [0, 0.05) is 43.1 Å². The van der Waals surface area contributed by atoms with E-state index >= 15 is 0 Å². The van der Waals surface area contributed by atoms with Gasteiger partial charge in [-0.25, -0.2) is 9.78 Å². The minimum absolute atomic E-state index is 0.247. The molecule has 0 N–H and O–H groups in total. The van der Waals surface area contributed by atoms with E-state index in [1.807, 2.05) is 12.1 Å². The van der Waals surface area contributed by atoms with Crippen molar-refractivity contribution in [3.05, 3.63) is 88.6 Å². The maximum absolute atomic E-state index is 13.5. The van der Waals surface area contributed by atoms with Gasteiger partial charge < -0.3 is 9.80 Å². The van der Waals surface area contributed by atoms with Crippen molar-refractivity contribution in [3.8, 4) is 0 Å². The molecule has 2 saturated heterocycles. The molecule has 0 spiro atoms. The van der Waals surface area contributed by atoms with Gasteiger partial charge in [-0.05, 0) is 66.4 Å². The molecule has 2 aliphatic rings. The van der Waals surface area contributed by atoms with Crippen LogP contribution in [0.4, 0.5) is 29.5 Å². The monoisotopic (exact) mass is 500 g/mol. The number of urea groups is 1. The van der Waals surface area contributed by atoms with Crippen molar-refractivity contribution >= 4 is 29.1 Å². The molecule has 2 aromatic carbocycles. The highest BCUT2D eigenvalue weighted by Gasteiger charge is 2.40. The Hall–Kier alpha value is -3.26. The molecule has 182 valence electrons. The fourth-order valence-corrected chi connectivity index (χ4v) is 4.85. The molecule has 2 aliphatic heterocycles. The second kappa shape index (κ2) is 9.41. The fraction of sp³-hybridized carbons (Fsp3) is 0.308. The number of alkyl halides is 3. The van der Waals surface area contributed by atoms with Crippen LogP contribution in [0, 0.1) is 0 Å². The van der Waals surface area contributed by atoms with Crippen molar-refractivity contribution in [3.63, 3.8) is 0 Å². The van der Waals surface area contributed by atoms with Gasteiger partial charge in [-0.3, -0.25) is 4.90 Å². The molecule has 1 atom stereocenters. The minimum Gasteiger partial charge on any atom is -0.357 e. The van der Waals surface area contributed by atoms with Crippen molar-refractivity contribution < 1.29 is 18.0 Å². The minimum atomic E-state index is -4.47. The van der Waals surface area contributed by atoms with Gasteiger partial charge >= 0.3 is 12.2 Å². The van der Waals surface area contributed by atoms with Crippen LogP contribution in [0.3, 0.4) is 0 Å². The lowest BCUT2D eigenvalue weighted by Crippen LogP contribution is -2.32. The van der Waals surface area contributed by atoms with E-state index in [1.165, 1.54) is 11.0 Å². The van der Waals surface area contributed by atoms with Crippen LogP contribution in [0.2, 0.25) is 5.02 Å². The summed E-state index contributed by atoms with van der Waals surface area (Å²) in [5, 5.41) is 0.511. The summed E-state index contributed by atoms with van der Waals surface area (Å²) in [7, 11) is 0. The van der Waals surface area contributed by atoms with Gasteiger partial charge in [-0.2, -0.15) is 13.2 Å². The summed E-state index contributed by atoms with van der Waals surface area (Å²) < 4.78 is 40.2. The van der Waals surface area contributed by atoms with Crippen molar-refractivity contribution in [2.45, 2.75) is 31.6 Å². The summed E-state index contributed by atoms with van der Waals surface area (Å²) in [6.07, 6.45) is -0.385. The first-order chi connectivity index (χ1) is 16.8. The highest BCUT2D eigenvalue weighted by molar-refractivity contribution is 6.30. The molecule has 5 nitrogen and oxygen atoms in total. The molecule has 0 unspecified atom stereocenters. The normalized spacial score (nSPS) is 18.6. The van der Waals surface area contributed by atoms with Crippen LogP contribution >= 0.6 is 11.6 Å². The molecule has 3 heterocycles. The van der Waals surface area contributed by atoms with E-state index in [-0.39, 0.29) is 12.6 Å². The molecule has 0 aliphatic carbocycles. The molecular weight excluding hydrogens is 477 g/mol. The van der Waals surface area contributed by atoms with Crippen LogP contribution < -0.4 is 9.80 Å². The summed E-state index contributed by atoms with van der Waals surface area (Å²) >= 11 is 6.03. The largest absolute Gasteiger partial charge is 0.416 e. The van der Waals surface area contributed by atoms with E-state index < -0.39 is 17.8 Å². The van der Waals surface area contributed by atoms with Gasteiger partial charge in [-0.1, -0.05) is 29.8 Å². The number of rotatable bonds is 5. The van der Waals surface area contributed by atoms with Crippen LogP contribution in [-0.2, 0) is 12.7 Å². The summed E-state index contributed by atoms with van der Waals surface area (Å²) in [6, 6.07) is 15.0. The van der Waals surface area contributed by atoms with Gasteiger partial charge in [0.2, 0.25) is 0 Å². The highest BCUT2D eigenvalue weighted by Crippen LogP contribution is 2.38. The standard InChI is InChI=1S/C26H24ClF3N4O/c27-21-7-9-22(10-8-21)34-23(19-4-3-5-20(14-19)26(28,29)30)17-33(25(34)35)16-18-6-11-24(31-15-18)32-12-1-2-13-32/h3-11,14-15,23H,1-2,12-13,16-17H2/t23-/m1/s1. The number of hydrogen-bond donors (Lipinski definition) is 0. The van der Waals surface area contributed by atoms with Crippen LogP contribution in [0.15, 0.2) is 66.9 Å². The van der Waals surface area contributed by atoms with Crippen LogP contribution in [0.5, 0.6) is 0 Å². The number of benzene rings is 2. The first-order valence-electron chi connectivity index (χ1n) is 11.5. The lowest BCUT2D eigenvalue weighted by atomic mass is 10.0. The average molecular weight is 501 g/mol. The first-order valence-corrected chi connectivity index (χ1v) is 11.9. The molecule has 0 saturated carbocycles. The SMILES string of the molecule is O=C1N(Cc2ccc(N3CCCC3)nc2)C[C@H](c2cccc(C(F)(F)F)c2)N1c1ccc(Cl)cc1. The predicted octanol–water partition coefficient (Wildman–Crippen LogP) is 6.54. The van der Waals surface area contributed by atoms with E-state index in [9.17, 15) is 18.0 Å². The van der Waals surface area contributed by atoms with E-state index in [0.29, 0.717) is 22.8 Å². The summed E-state index contributed by atoms with van der Waals surface area (Å²) in [5.41, 5.74) is 1.13. The molecule has 2 fully saturated rings. The Bertz CT molecular complexity index is 1190. The smallest absolute Gasteiger partial charge is 0.357 e. The Kier molecular flexibility index (Phi) is 6.32. The maximum Gasteiger partial charge on any atom is 0.416 e. The maximum atomic E-state index is 13.5. The molecule has 1 aromatic heterocycles. The Labute approximate surface area is 206 Å². The Balaban J connectivity index is 1.43. The van der Waals surface area contributed by atoms with Gasteiger partial charge in [0.1, 0.15) is 5.82 Å². The Morgan fingerprint density at radius 2 is 1.74 bits per heavy atom. The van der Waals surface area contributed by atoms with Crippen LogP contribution in [0.1, 0.15) is 35.6 Å². The molecule has 35 heavy (non-hydrogen) atoms. The number of aromatic nitrogens is 1. The Morgan fingerprint density at radius 3 is 2.40 bits per heavy atom. The molecule has 9 heteroatoms. The topological polar surface area (TPSA) is 39.7 Å². The summed E-state index contributed by atoms with van der Waals surface area (Å²) in [5.74, 6) is 0.920. The average Bonchev–Trinajstić information content (AvgIpc) is 3.49. The molecule has 0 radical (unpaired) electrons. The lowest BCUT2D eigenvalue weighted by Gasteiger charge is -2.24. The number of nitrogens with zero attached hydrogens (tertiary/aromatic N) is 4. The molecule has 0 bridgehead atoms. The van der Waals surface area contributed by atoms with E-state index in [1.54, 1.807) is 41.4 Å². The zero-order valence-corrected chi connectivity index (χ0v) is 19.6. The van der Waals surface area contributed by atoms with E-state index in [2.05, 4.69) is 9.88 Å². The number of halogens is 4. The number of carbonyl (C=O) groups excluding carboxylic acids is 1. The van der Waals surface area contributed by atoms with Crippen molar-refractivity contribution in [1.82, 2.24) is 9.88 Å². The number of amides is 2. The lowest BCUT2D eigenvalue weighted by molar-refractivity contribution is -0.137. The first kappa shape index (κ1) is 23.5. The highest BCUT2D eigenvalue weighted by atomic mass is 35.5. The third-order valence-corrected chi connectivity index (χ3v) is 6.75. The molecule has 5 rings (SSSR count). The fourth-order valence-electron chi connectivity index (χ4n) is 4.72. The third-order valence-electron chi connectivity index (χ3n) is 6.50. The molecular formula is C26H24ClF3N4O. The van der Waals surface area contributed by atoms with Crippen molar-refractivity contribution in [1.29, 1.82) is 0 Å². The van der Waals surface area contributed by atoms with E-state index in [4.69, 9.17) is 11.6 Å².